The van der Waals surface area contributed by atoms with Crippen molar-refractivity contribution < 1.29 is 19.6 Å². The molecule has 94 valence electrons. The summed E-state index contributed by atoms with van der Waals surface area (Å²) in [4.78, 5) is 21.4. The Morgan fingerprint density at radius 1 is 1.33 bits per heavy atom. The first kappa shape index (κ1) is 12.3. The van der Waals surface area contributed by atoms with Gasteiger partial charge in [0.2, 0.25) is 0 Å². The largest absolute Gasteiger partial charge is 0.462 e. The Hall–Kier alpha value is -2.21. The van der Waals surface area contributed by atoms with Crippen LogP contribution in [0.15, 0.2) is 35.9 Å². The molecule has 0 unspecified atom stereocenters. The zero-order valence-electron chi connectivity index (χ0n) is 9.41. The highest BCUT2D eigenvalue weighted by molar-refractivity contribution is 5.90. The van der Waals surface area contributed by atoms with Crippen molar-refractivity contribution in [3.8, 4) is 0 Å². The monoisotopic (exact) mass is 249 g/mol. The van der Waals surface area contributed by atoms with E-state index in [1.807, 2.05) is 0 Å². The van der Waals surface area contributed by atoms with E-state index in [4.69, 9.17) is 4.74 Å². The Labute approximate surface area is 103 Å². The van der Waals surface area contributed by atoms with Gasteiger partial charge in [-0.2, -0.15) is 0 Å². The lowest BCUT2D eigenvalue weighted by atomic mass is 9.99. The molecule has 0 spiro atoms. The molecule has 0 fully saturated rings. The molecule has 1 atom stereocenters. The topological polar surface area (TPSA) is 89.7 Å². The van der Waals surface area contributed by atoms with Gasteiger partial charge in [0.15, 0.2) is 0 Å². The van der Waals surface area contributed by atoms with Crippen LogP contribution < -0.4 is 0 Å². The number of hydrogen-bond acceptors (Lipinski definition) is 5. The predicted molar refractivity (Wildman–Crippen MR) is 61.7 cm³/mol. The summed E-state index contributed by atoms with van der Waals surface area (Å²) in [6, 6.07) is 5.41. The lowest BCUT2D eigenvalue weighted by Gasteiger charge is -2.17. The number of nitro groups is 1. The first-order valence-corrected chi connectivity index (χ1v) is 5.39. The Bertz CT molecular complexity index is 506. The van der Waals surface area contributed by atoms with Gasteiger partial charge in [-0.05, 0) is 17.7 Å². The molecule has 0 radical (unpaired) electrons. The number of rotatable bonds is 3. The fourth-order valence-electron chi connectivity index (χ4n) is 1.71. The van der Waals surface area contributed by atoms with Crippen LogP contribution in [0.2, 0.25) is 0 Å². The third kappa shape index (κ3) is 2.38. The summed E-state index contributed by atoms with van der Waals surface area (Å²) in [5.74, 6) is -0.549. The fourth-order valence-corrected chi connectivity index (χ4v) is 1.71. The van der Waals surface area contributed by atoms with Gasteiger partial charge in [0.1, 0.15) is 6.10 Å². The summed E-state index contributed by atoms with van der Waals surface area (Å²) in [6.07, 6.45) is 1.07. The molecule has 2 rings (SSSR count). The van der Waals surface area contributed by atoms with Crippen molar-refractivity contribution in [2.75, 3.05) is 6.61 Å². The lowest BCUT2D eigenvalue weighted by Crippen LogP contribution is -2.19. The van der Waals surface area contributed by atoms with E-state index in [-0.39, 0.29) is 11.3 Å². The Kier molecular flexibility index (Phi) is 3.38. The number of aliphatic hydroxyl groups is 1. The summed E-state index contributed by atoms with van der Waals surface area (Å²) >= 11 is 0. The van der Waals surface area contributed by atoms with Gasteiger partial charge in [-0.15, -0.1) is 0 Å². The highest BCUT2D eigenvalue weighted by Crippen LogP contribution is 2.26. The Morgan fingerprint density at radius 2 is 2.00 bits per heavy atom. The number of non-ortho nitro benzene ring substituents is 1. The first-order chi connectivity index (χ1) is 8.59. The first-order valence-electron chi connectivity index (χ1n) is 5.39. The normalized spacial score (nSPS) is 16.7. The number of esters is 1. The minimum atomic E-state index is -1.11. The van der Waals surface area contributed by atoms with Crippen molar-refractivity contribution in [2.45, 2.75) is 12.5 Å². The van der Waals surface area contributed by atoms with Gasteiger partial charge in [0.25, 0.3) is 5.69 Å². The average molecular weight is 249 g/mol. The molecule has 0 saturated carbocycles. The van der Waals surface area contributed by atoms with Crippen LogP contribution in [0.25, 0.3) is 0 Å². The summed E-state index contributed by atoms with van der Waals surface area (Å²) < 4.78 is 4.82. The molecule has 1 aliphatic heterocycles. The van der Waals surface area contributed by atoms with Crippen LogP contribution in [-0.2, 0) is 9.53 Å². The molecule has 1 aromatic carbocycles. The maximum atomic E-state index is 11.4. The van der Waals surface area contributed by atoms with Crippen molar-refractivity contribution in [1.82, 2.24) is 0 Å². The van der Waals surface area contributed by atoms with Crippen molar-refractivity contribution in [2.24, 2.45) is 0 Å². The second-order valence-electron chi connectivity index (χ2n) is 3.84. The summed E-state index contributed by atoms with van der Waals surface area (Å²) in [5.41, 5.74) is 0.534. The molecule has 0 aliphatic carbocycles. The van der Waals surface area contributed by atoms with Gasteiger partial charge >= 0.3 is 5.97 Å². The van der Waals surface area contributed by atoms with Crippen molar-refractivity contribution in [3.63, 3.8) is 0 Å². The number of hydrogen-bond donors (Lipinski definition) is 1. The van der Waals surface area contributed by atoms with Gasteiger partial charge in [0, 0.05) is 18.6 Å². The fraction of sp³-hybridized carbons (Fsp3) is 0.250. The van der Waals surface area contributed by atoms with E-state index < -0.39 is 17.0 Å². The van der Waals surface area contributed by atoms with E-state index in [0.717, 1.165) is 0 Å². The number of cyclic esters (lactones) is 1. The minimum absolute atomic E-state index is 0.0637. The molecule has 0 bridgehead atoms. The highest BCUT2D eigenvalue weighted by Gasteiger charge is 2.24. The molecule has 0 aromatic heterocycles. The van der Waals surface area contributed by atoms with Crippen molar-refractivity contribution >= 4 is 11.7 Å². The molecular weight excluding hydrogens is 238 g/mol. The van der Waals surface area contributed by atoms with Crippen molar-refractivity contribution in [1.29, 1.82) is 0 Å². The van der Waals surface area contributed by atoms with Crippen molar-refractivity contribution in [3.05, 3.63) is 51.6 Å². The summed E-state index contributed by atoms with van der Waals surface area (Å²) in [6.45, 7) is 0.315. The maximum absolute atomic E-state index is 11.4. The molecule has 1 aromatic rings. The van der Waals surface area contributed by atoms with Crippen LogP contribution in [0.4, 0.5) is 5.69 Å². The molecule has 6 nitrogen and oxygen atoms in total. The highest BCUT2D eigenvalue weighted by atomic mass is 16.6. The second-order valence-corrected chi connectivity index (χ2v) is 3.84. The molecular formula is C12H11NO5. The SMILES string of the molecule is O=C1OCCC=C1[C@H](O)c1ccc([N+](=O)[O-])cc1. The van der Waals surface area contributed by atoms with Gasteiger partial charge in [0.05, 0.1) is 17.1 Å². The number of benzene rings is 1. The number of carbonyl (C=O) groups excluding carboxylic acids is 1. The second kappa shape index (κ2) is 4.97. The maximum Gasteiger partial charge on any atom is 0.336 e. The van der Waals surface area contributed by atoms with Crippen LogP contribution in [0.3, 0.4) is 0 Å². The van der Waals surface area contributed by atoms with Gasteiger partial charge < -0.3 is 9.84 Å². The van der Waals surface area contributed by atoms with Crippen LogP contribution >= 0.6 is 0 Å². The molecule has 6 heteroatoms. The average Bonchev–Trinajstić information content (AvgIpc) is 2.38. The summed E-state index contributed by atoms with van der Waals surface area (Å²) in [7, 11) is 0. The third-order valence-electron chi connectivity index (χ3n) is 2.67. The molecule has 1 heterocycles. The Morgan fingerprint density at radius 3 is 2.56 bits per heavy atom. The van der Waals surface area contributed by atoms with Crippen LogP contribution in [0.1, 0.15) is 18.1 Å². The van der Waals surface area contributed by atoms with E-state index >= 15 is 0 Å². The molecule has 0 amide bonds. The van der Waals surface area contributed by atoms with E-state index in [2.05, 4.69) is 0 Å². The van der Waals surface area contributed by atoms with Crippen LogP contribution in [0.5, 0.6) is 0 Å². The van der Waals surface area contributed by atoms with Gasteiger partial charge in [-0.1, -0.05) is 6.08 Å². The minimum Gasteiger partial charge on any atom is -0.462 e. The van der Waals surface area contributed by atoms with E-state index in [0.29, 0.717) is 18.6 Å². The number of carbonyl (C=O) groups is 1. The number of nitro benzene ring substituents is 1. The van der Waals surface area contributed by atoms with E-state index in [1.165, 1.54) is 24.3 Å². The van der Waals surface area contributed by atoms with Gasteiger partial charge in [-0.3, -0.25) is 10.1 Å². The summed E-state index contributed by atoms with van der Waals surface area (Å²) in [5, 5.41) is 20.5. The number of nitrogens with zero attached hydrogens (tertiary/aromatic N) is 1. The van der Waals surface area contributed by atoms with Crippen LogP contribution in [0, 0.1) is 10.1 Å². The Balaban J connectivity index is 2.23. The standard InChI is InChI=1S/C12H11NO5/c14-11(10-2-1-7-18-12(10)15)8-3-5-9(6-4-8)13(16)17/h2-6,11,14H,1,7H2/t11-/m1/s1. The predicted octanol–water partition coefficient (Wildman–Crippen LogP) is 1.50. The molecule has 18 heavy (non-hydrogen) atoms. The molecule has 1 N–H and O–H groups in total. The van der Waals surface area contributed by atoms with E-state index in [9.17, 15) is 20.0 Å². The van der Waals surface area contributed by atoms with Gasteiger partial charge in [-0.25, -0.2) is 4.79 Å². The number of ether oxygens (including phenoxy) is 1. The quantitative estimate of drug-likeness (QED) is 0.498. The third-order valence-corrected chi connectivity index (χ3v) is 2.67. The smallest absolute Gasteiger partial charge is 0.336 e. The lowest BCUT2D eigenvalue weighted by molar-refractivity contribution is -0.384. The zero-order chi connectivity index (χ0) is 13.1. The number of aliphatic hydroxyl groups excluding tert-OH is 1. The zero-order valence-corrected chi connectivity index (χ0v) is 9.41. The van der Waals surface area contributed by atoms with Crippen LogP contribution in [-0.4, -0.2) is 22.6 Å². The molecule has 0 saturated heterocycles. The van der Waals surface area contributed by atoms with E-state index in [1.54, 1.807) is 6.08 Å². The molecule has 1 aliphatic rings.